The number of sulfonamides is 1. The summed E-state index contributed by atoms with van der Waals surface area (Å²) in [5, 5.41) is 0. The molecule has 4 nitrogen and oxygen atoms in total. The van der Waals surface area contributed by atoms with Gasteiger partial charge in [0.05, 0.1) is 12.2 Å². The SMILES string of the molecule is O=S(=O)(CBr)N(Cc1ccccn1)C1CC1. The van der Waals surface area contributed by atoms with E-state index in [2.05, 4.69) is 20.9 Å². The van der Waals surface area contributed by atoms with Crippen molar-refractivity contribution in [3.05, 3.63) is 30.1 Å². The predicted octanol–water partition coefficient (Wildman–Crippen LogP) is 1.73. The number of hydrogen-bond acceptors (Lipinski definition) is 3. The van der Waals surface area contributed by atoms with Gasteiger partial charge < -0.3 is 0 Å². The fourth-order valence-electron chi connectivity index (χ4n) is 1.53. The highest BCUT2D eigenvalue weighted by atomic mass is 79.9. The zero-order chi connectivity index (χ0) is 11.6. The molecular weight excluding hydrogens is 292 g/mol. The lowest BCUT2D eigenvalue weighted by Gasteiger charge is -2.19. The lowest BCUT2D eigenvalue weighted by Crippen LogP contribution is -2.33. The van der Waals surface area contributed by atoms with Crippen molar-refractivity contribution in [1.82, 2.24) is 9.29 Å². The largest absolute Gasteiger partial charge is 0.260 e. The molecule has 0 aromatic carbocycles. The fraction of sp³-hybridized carbons (Fsp3) is 0.500. The molecule has 0 bridgehead atoms. The van der Waals surface area contributed by atoms with E-state index in [-0.39, 0.29) is 10.7 Å². The molecule has 0 spiro atoms. The Morgan fingerprint density at radius 2 is 2.19 bits per heavy atom. The molecule has 1 fully saturated rings. The van der Waals surface area contributed by atoms with E-state index in [1.807, 2.05) is 18.2 Å². The summed E-state index contributed by atoms with van der Waals surface area (Å²) in [6, 6.07) is 5.71. The molecule has 0 N–H and O–H groups in total. The Kier molecular flexibility index (Phi) is 3.61. The van der Waals surface area contributed by atoms with Crippen LogP contribution in [0.2, 0.25) is 0 Å². The zero-order valence-electron chi connectivity index (χ0n) is 8.71. The highest BCUT2D eigenvalue weighted by Crippen LogP contribution is 2.31. The molecule has 16 heavy (non-hydrogen) atoms. The molecule has 1 aliphatic carbocycles. The minimum absolute atomic E-state index is 0.0245. The number of pyridine rings is 1. The molecule has 1 heterocycles. The van der Waals surface area contributed by atoms with Gasteiger partial charge in [-0.15, -0.1) is 0 Å². The van der Waals surface area contributed by atoms with Crippen molar-refractivity contribution < 1.29 is 8.42 Å². The third-order valence-corrected chi connectivity index (χ3v) is 5.65. The Labute approximate surface area is 104 Å². The van der Waals surface area contributed by atoms with Gasteiger partial charge in [0, 0.05) is 12.2 Å². The Morgan fingerprint density at radius 3 is 2.69 bits per heavy atom. The van der Waals surface area contributed by atoms with Crippen LogP contribution in [0, 0.1) is 0 Å². The highest BCUT2D eigenvalue weighted by Gasteiger charge is 2.36. The lowest BCUT2D eigenvalue weighted by atomic mass is 10.3. The normalized spacial score (nSPS) is 16.6. The average molecular weight is 305 g/mol. The summed E-state index contributed by atoms with van der Waals surface area (Å²) < 4.78 is 25.2. The number of hydrogen-bond donors (Lipinski definition) is 0. The fourth-order valence-corrected chi connectivity index (χ4v) is 3.44. The number of alkyl halides is 1. The summed E-state index contributed by atoms with van der Waals surface area (Å²) in [6.07, 6.45) is 3.60. The van der Waals surface area contributed by atoms with Crippen LogP contribution in [0.15, 0.2) is 24.4 Å². The summed E-state index contributed by atoms with van der Waals surface area (Å²) in [7, 11) is -3.19. The van der Waals surface area contributed by atoms with Gasteiger partial charge in [-0.25, -0.2) is 8.42 Å². The van der Waals surface area contributed by atoms with Crippen molar-refractivity contribution in [2.24, 2.45) is 0 Å². The van der Waals surface area contributed by atoms with Gasteiger partial charge in [-0.3, -0.25) is 4.98 Å². The number of halogens is 1. The van der Waals surface area contributed by atoms with E-state index in [4.69, 9.17) is 0 Å². The number of rotatable bonds is 5. The van der Waals surface area contributed by atoms with Gasteiger partial charge in [-0.05, 0) is 25.0 Å². The third kappa shape index (κ3) is 2.81. The standard InChI is InChI=1S/C10H13BrN2O2S/c11-8-16(14,15)13(10-4-5-10)7-9-3-1-2-6-12-9/h1-3,6,10H,4-5,7-8H2. The number of nitrogens with zero attached hydrogens (tertiary/aromatic N) is 2. The quantitative estimate of drug-likeness (QED) is 0.779. The topological polar surface area (TPSA) is 50.3 Å². The van der Waals surface area contributed by atoms with Crippen LogP contribution in [0.5, 0.6) is 0 Å². The second-order valence-corrected chi connectivity index (χ2v) is 7.04. The minimum atomic E-state index is -3.19. The molecule has 0 radical (unpaired) electrons. The predicted molar refractivity (Wildman–Crippen MR) is 65.5 cm³/mol. The minimum Gasteiger partial charge on any atom is -0.260 e. The Balaban J connectivity index is 2.16. The summed E-state index contributed by atoms with van der Waals surface area (Å²) in [6.45, 7) is 0.374. The van der Waals surface area contributed by atoms with E-state index in [1.54, 1.807) is 10.5 Å². The molecule has 1 aromatic heterocycles. The summed E-state index contributed by atoms with van der Waals surface area (Å²) in [5.41, 5.74) is 0.791. The van der Waals surface area contributed by atoms with Crippen LogP contribution in [0.3, 0.4) is 0 Å². The van der Waals surface area contributed by atoms with Crippen molar-refractivity contribution in [1.29, 1.82) is 0 Å². The Morgan fingerprint density at radius 1 is 1.44 bits per heavy atom. The van der Waals surface area contributed by atoms with E-state index < -0.39 is 10.0 Å². The van der Waals surface area contributed by atoms with Gasteiger partial charge in [0.1, 0.15) is 4.66 Å². The van der Waals surface area contributed by atoms with Crippen LogP contribution in [-0.4, -0.2) is 28.4 Å². The van der Waals surface area contributed by atoms with E-state index in [0.29, 0.717) is 6.54 Å². The first kappa shape index (κ1) is 12.0. The number of aromatic nitrogens is 1. The van der Waals surface area contributed by atoms with Crippen molar-refractivity contribution in [3.8, 4) is 0 Å². The maximum atomic E-state index is 11.8. The van der Waals surface area contributed by atoms with Crippen LogP contribution in [0.25, 0.3) is 0 Å². The Hall–Kier alpha value is -0.460. The van der Waals surface area contributed by atoms with Gasteiger partial charge in [-0.1, -0.05) is 22.0 Å². The van der Waals surface area contributed by atoms with Crippen molar-refractivity contribution in [2.45, 2.75) is 25.4 Å². The molecule has 1 saturated carbocycles. The molecule has 0 saturated heterocycles. The van der Waals surface area contributed by atoms with E-state index in [1.165, 1.54) is 0 Å². The monoisotopic (exact) mass is 304 g/mol. The van der Waals surface area contributed by atoms with Gasteiger partial charge in [0.2, 0.25) is 10.0 Å². The molecule has 6 heteroatoms. The van der Waals surface area contributed by atoms with Crippen molar-refractivity contribution >= 4 is 26.0 Å². The van der Waals surface area contributed by atoms with Gasteiger partial charge in [0.15, 0.2) is 0 Å². The highest BCUT2D eigenvalue weighted by molar-refractivity contribution is 9.10. The molecule has 2 rings (SSSR count). The Bertz CT molecular complexity index is 445. The molecule has 0 amide bonds. The molecule has 1 aliphatic rings. The van der Waals surface area contributed by atoms with E-state index in [9.17, 15) is 8.42 Å². The van der Waals surface area contributed by atoms with Crippen LogP contribution in [-0.2, 0) is 16.6 Å². The second-order valence-electron chi connectivity index (χ2n) is 3.82. The average Bonchev–Trinajstić information content (AvgIpc) is 3.11. The van der Waals surface area contributed by atoms with Crippen LogP contribution >= 0.6 is 15.9 Å². The van der Waals surface area contributed by atoms with Crippen LogP contribution in [0.4, 0.5) is 0 Å². The first-order valence-corrected chi connectivity index (χ1v) is 7.82. The van der Waals surface area contributed by atoms with Gasteiger partial charge in [0.25, 0.3) is 0 Å². The molecular formula is C10H13BrN2O2S. The zero-order valence-corrected chi connectivity index (χ0v) is 11.1. The maximum Gasteiger partial charge on any atom is 0.224 e. The summed E-state index contributed by atoms with van der Waals surface area (Å²) >= 11 is 3.03. The molecule has 0 atom stereocenters. The molecule has 0 aliphatic heterocycles. The first-order chi connectivity index (χ1) is 7.63. The second kappa shape index (κ2) is 4.81. The first-order valence-electron chi connectivity index (χ1n) is 5.09. The smallest absolute Gasteiger partial charge is 0.224 e. The molecule has 0 unspecified atom stereocenters. The van der Waals surface area contributed by atoms with Gasteiger partial charge >= 0.3 is 0 Å². The van der Waals surface area contributed by atoms with Gasteiger partial charge in [-0.2, -0.15) is 4.31 Å². The third-order valence-electron chi connectivity index (χ3n) is 2.49. The molecule has 88 valence electrons. The van der Waals surface area contributed by atoms with E-state index in [0.717, 1.165) is 18.5 Å². The summed E-state index contributed by atoms with van der Waals surface area (Å²) in [4.78, 5) is 4.16. The van der Waals surface area contributed by atoms with Crippen LogP contribution < -0.4 is 0 Å². The van der Waals surface area contributed by atoms with Crippen molar-refractivity contribution in [3.63, 3.8) is 0 Å². The maximum absolute atomic E-state index is 11.8. The molecule has 1 aromatic rings. The lowest BCUT2D eigenvalue weighted by molar-refractivity contribution is 0.397. The van der Waals surface area contributed by atoms with Crippen LogP contribution in [0.1, 0.15) is 18.5 Å². The van der Waals surface area contributed by atoms with E-state index >= 15 is 0 Å². The van der Waals surface area contributed by atoms with Crippen molar-refractivity contribution in [2.75, 3.05) is 4.66 Å². The summed E-state index contributed by atoms with van der Waals surface area (Å²) in [5.74, 6) is 0.